The zero-order chi connectivity index (χ0) is 16.9. The van der Waals surface area contributed by atoms with Crippen LogP contribution in [0.1, 0.15) is 21.5 Å². The van der Waals surface area contributed by atoms with Gasteiger partial charge in [-0.1, -0.05) is 41.4 Å². The highest BCUT2D eigenvalue weighted by molar-refractivity contribution is 5.94. The van der Waals surface area contributed by atoms with E-state index in [1.165, 1.54) is 0 Å². The molecule has 1 heterocycles. The van der Waals surface area contributed by atoms with E-state index in [1.54, 1.807) is 18.3 Å². The van der Waals surface area contributed by atoms with Crippen molar-refractivity contribution < 1.29 is 9.78 Å². The fourth-order valence-electron chi connectivity index (χ4n) is 2.44. The molecule has 0 radical (unpaired) electrons. The summed E-state index contributed by atoms with van der Waals surface area (Å²) >= 11 is 0. The topological polar surface area (TPSA) is 82.2 Å². The Bertz CT molecular complexity index is 859. The molecular weight excluding hydrogens is 300 g/mol. The number of benzene rings is 2. The standard InChI is InChI=1S/C19H18N4O/c1-13-4-2-3-5-16(13)12-22-18(24)15-8-6-14(7-9-15)17-10-11-21-19(20)23-17/h2-11H,12H2,1H3,(H,22,24)(H2,20,21,23)/p+1. The van der Waals surface area contributed by atoms with E-state index >= 15 is 0 Å². The van der Waals surface area contributed by atoms with Gasteiger partial charge in [0.1, 0.15) is 0 Å². The second kappa shape index (κ2) is 6.91. The van der Waals surface area contributed by atoms with E-state index in [4.69, 9.17) is 5.73 Å². The number of nitrogen functional groups attached to an aromatic ring is 1. The average molecular weight is 319 g/mol. The maximum Gasteiger partial charge on any atom is 0.387 e. The highest BCUT2D eigenvalue weighted by Crippen LogP contribution is 2.17. The van der Waals surface area contributed by atoms with Crippen molar-refractivity contribution in [2.24, 2.45) is 0 Å². The number of amides is 1. The smallest absolute Gasteiger partial charge is 0.348 e. The van der Waals surface area contributed by atoms with Gasteiger partial charge in [0.2, 0.25) is 0 Å². The second-order valence-electron chi connectivity index (χ2n) is 5.55. The lowest BCUT2D eigenvalue weighted by Gasteiger charge is -2.08. The van der Waals surface area contributed by atoms with Crippen molar-refractivity contribution >= 4 is 11.9 Å². The van der Waals surface area contributed by atoms with Gasteiger partial charge in [-0.2, -0.15) is 0 Å². The van der Waals surface area contributed by atoms with Gasteiger partial charge in [0.05, 0.1) is 6.20 Å². The van der Waals surface area contributed by atoms with Crippen LogP contribution in [0.25, 0.3) is 11.3 Å². The van der Waals surface area contributed by atoms with E-state index in [2.05, 4.69) is 15.3 Å². The third kappa shape index (κ3) is 3.57. The van der Waals surface area contributed by atoms with Gasteiger partial charge in [-0.25, -0.2) is 4.98 Å². The summed E-state index contributed by atoms with van der Waals surface area (Å²) in [4.78, 5) is 19.3. The van der Waals surface area contributed by atoms with Crippen molar-refractivity contribution in [3.63, 3.8) is 0 Å². The zero-order valence-corrected chi connectivity index (χ0v) is 13.4. The summed E-state index contributed by atoms with van der Waals surface area (Å²) in [7, 11) is 0. The van der Waals surface area contributed by atoms with Gasteiger partial charge in [-0.05, 0) is 30.2 Å². The lowest BCUT2D eigenvalue weighted by atomic mass is 10.1. The van der Waals surface area contributed by atoms with Crippen molar-refractivity contribution in [1.29, 1.82) is 0 Å². The number of aryl methyl sites for hydroxylation is 1. The molecule has 1 amide bonds. The van der Waals surface area contributed by atoms with Crippen molar-refractivity contribution in [2.45, 2.75) is 13.5 Å². The SMILES string of the molecule is Cc1ccccc1CNC(=O)c1ccc(-c2cc[nH+]c(N)n2)cc1. The van der Waals surface area contributed by atoms with Gasteiger partial charge in [-0.3, -0.25) is 10.5 Å². The summed E-state index contributed by atoms with van der Waals surface area (Å²) in [6.07, 6.45) is 1.74. The summed E-state index contributed by atoms with van der Waals surface area (Å²) in [5.74, 6) is 0.256. The Morgan fingerprint density at radius 1 is 1.12 bits per heavy atom. The van der Waals surface area contributed by atoms with Crippen LogP contribution in [0.2, 0.25) is 0 Å². The molecule has 3 rings (SSSR count). The summed E-state index contributed by atoms with van der Waals surface area (Å²) < 4.78 is 0. The highest BCUT2D eigenvalue weighted by Gasteiger charge is 2.09. The Morgan fingerprint density at radius 2 is 1.88 bits per heavy atom. The van der Waals surface area contributed by atoms with E-state index in [9.17, 15) is 4.79 Å². The van der Waals surface area contributed by atoms with Crippen LogP contribution < -0.4 is 16.0 Å². The van der Waals surface area contributed by atoms with Crippen LogP contribution in [-0.2, 0) is 6.54 Å². The minimum atomic E-state index is -0.0985. The first-order valence-corrected chi connectivity index (χ1v) is 7.71. The number of carbonyl (C=O) groups is 1. The van der Waals surface area contributed by atoms with Gasteiger partial charge in [0, 0.05) is 23.7 Å². The molecule has 0 aliphatic heterocycles. The fourth-order valence-corrected chi connectivity index (χ4v) is 2.44. The number of nitrogens with two attached hydrogens (primary N) is 1. The molecule has 3 aromatic rings. The summed E-state index contributed by atoms with van der Waals surface area (Å²) in [6, 6.07) is 17.2. The lowest BCUT2D eigenvalue weighted by molar-refractivity contribution is -0.364. The number of aromatic amines is 1. The van der Waals surface area contributed by atoms with Crippen LogP contribution in [0.3, 0.4) is 0 Å². The number of nitrogens with one attached hydrogen (secondary N) is 2. The molecule has 5 nitrogen and oxygen atoms in total. The molecule has 1 aromatic heterocycles. The first-order valence-electron chi connectivity index (χ1n) is 7.71. The molecule has 2 aromatic carbocycles. The average Bonchev–Trinajstić information content (AvgIpc) is 2.61. The number of H-pyrrole nitrogens is 1. The first kappa shape index (κ1) is 15.7. The predicted octanol–water partition coefficient (Wildman–Crippen LogP) is 2.38. The Labute approximate surface area is 140 Å². The van der Waals surface area contributed by atoms with Crippen molar-refractivity contribution in [1.82, 2.24) is 10.3 Å². The van der Waals surface area contributed by atoms with Gasteiger partial charge >= 0.3 is 5.95 Å². The van der Waals surface area contributed by atoms with Crippen molar-refractivity contribution in [2.75, 3.05) is 5.73 Å². The molecular formula is C19H19N4O+. The van der Waals surface area contributed by atoms with Crippen LogP contribution in [0.4, 0.5) is 5.95 Å². The number of hydrogen-bond donors (Lipinski definition) is 2. The van der Waals surface area contributed by atoms with Crippen molar-refractivity contribution in [3.8, 4) is 11.3 Å². The van der Waals surface area contributed by atoms with Crippen LogP contribution in [-0.4, -0.2) is 10.9 Å². The molecule has 0 unspecified atom stereocenters. The van der Waals surface area contributed by atoms with Gasteiger partial charge < -0.3 is 5.32 Å². The molecule has 4 N–H and O–H groups in total. The normalized spacial score (nSPS) is 10.4. The molecule has 0 atom stereocenters. The zero-order valence-electron chi connectivity index (χ0n) is 13.4. The maximum atomic E-state index is 12.3. The molecule has 0 aliphatic carbocycles. The molecule has 5 heteroatoms. The molecule has 0 aliphatic rings. The largest absolute Gasteiger partial charge is 0.387 e. The van der Waals surface area contributed by atoms with Gasteiger partial charge in [0.25, 0.3) is 5.91 Å². The quantitative estimate of drug-likeness (QED) is 0.774. The Kier molecular flexibility index (Phi) is 4.52. The number of anilines is 1. The molecule has 24 heavy (non-hydrogen) atoms. The van der Waals surface area contributed by atoms with Crippen molar-refractivity contribution in [3.05, 3.63) is 77.5 Å². The lowest BCUT2D eigenvalue weighted by Crippen LogP contribution is -2.23. The number of nitrogens with zero attached hydrogens (tertiary/aromatic N) is 1. The predicted molar refractivity (Wildman–Crippen MR) is 93.0 cm³/mol. The third-order valence-electron chi connectivity index (χ3n) is 3.86. The van der Waals surface area contributed by atoms with Crippen LogP contribution in [0.5, 0.6) is 0 Å². The number of rotatable bonds is 4. The maximum absolute atomic E-state index is 12.3. The van der Waals surface area contributed by atoms with E-state index in [-0.39, 0.29) is 5.91 Å². The number of hydrogen-bond acceptors (Lipinski definition) is 3. The van der Waals surface area contributed by atoms with E-state index < -0.39 is 0 Å². The fraction of sp³-hybridized carbons (Fsp3) is 0.105. The van der Waals surface area contributed by atoms with E-state index in [0.29, 0.717) is 18.1 Å². The summed E-state index contributed by atoms with van der Waals surface area (Å²) in [5, 5.41) is 2.94. The Morgan fingerprint density at radius 3 is 2.58 bits per heavy atom. The van der Waals surface area contributed by atoms with Gasteiger partial charge in [0.15, 0.2) is 5.69 Å². The van der Waals surface area contributed by atoms with Crippen LogP contribution in [0.15, 0.2) is 60.8 Å². The minimum Gasteiger partial charge on any atom is -0.348 e. The van der Waals surface area contributed by atoms with Crippen LogP contribution in [0, 0.1) is 6.92 Å². The summed E-state index contributed by atoms with van der Waals surface area (Å²) in [5.41, 5.74) is 10.2. The molecule has 0 bridgehead atoms. The second-order valence-corrected chi connectivity index (χ2v) is 5.55. The molecule has 0 spiro atoms. The molecule has 0 fully saturated rings. The highest BCUT2D eigenvalue weighted by atomic mass is 16.1. The summed E-state index contributed by atoms with van der Waals surface area (Å²) in [6.45, 7) is 2.55. The van der Waals surface area contributed by atoms with Gasteiger partial charge in [-0.15, -0.1) is 0 Å². The minimum absolute atomic E-state index is 0.0985. The number of carbonyl (C=O) groups excluding carboxylic acids is 1. The monoisotopic (exact) mass is 319 g/mol. The third-order valence-corrected chi connectivity index (χ3v) is 3.86. The first-order chi connectivity index (χ1) is 11.6. The Hall–Kier alpha value is -3.21. The molecule has 0 saturated carbocycles. The van der Waals surface area contributed by atoms with E-state index in [0.717, 1.165) is 22.4 Å². The van der Waals surface area contributed by atoms with Crippen LogP contribution >= 0.6 is 0 Å². The molecule has 0 saturated heterocycles. The Balaban J connectivity index is 1.69. The number of aromatic nitrogens is 2. The van der Waals surface area contributed by atoms with E-state index in [1.807, 2.05) is 49.4 Å². The molecule has 120 valence electrons.